The lowest BCUT2D eigenvalue weighted by atomic mass is 10.1. The van der Waals surface area contributed by atoms with Crippen LogP contribution in [0.1, 0.15) is 36.9 Å². The topological polar surface area (TPSA) is 125 Å². The van der Waals surface area contributed by atoms with Crippen LogP contribution < -0.4 is 15.8 Å². The van der Waals surface area contributed by atoms with E-state index in [0.29, 0.717) is 55.8 Å². The van der Waals surface area contributed by atoms with E-state index >= 15 is 0 Å². The molecule has 1 aliphatic heterocycles. The molecule has 0 spiro atoms. The second-order valence-corrected chi connectivity index (χ2v) is 7.19. The van der Waals surface area contributed by atoms with Crippen LogP contribution in [0.25, 0.3) is 0 Å². The van der Waals surface area contributed by atoms with E-state index in [2.05, 4.69) is 15.3 Å². The summed E-state index contributed by atoms with van der Waals surface area (Å²) in [6.45, 7) is 4.27. The van der Waals surface area contributed by atoms with Crippen LogP contribution in [0.15, 0.2) is 4.79 Å². The lowest BCUT2D eigenvalue weighted by Gasteiger charge is -2.27. The molecular weight excluding hydrogens is 352 g/mol. The smallest absolute Gasteiger partial charge is 0.326 e. The maximum atomic E-state index is 12.4. The number of hydrogen-bond acceptors (Lipinski definition) is 6. The highest BCUT2D eigenvalue weighted by molar-refractivity contribution is 5.83. The van der Waals surface area contributed by atoms with E-state index in [4.69, 9.17) is 4.74 Å². The van der Waals surface area contributed by atoms with Gasteiger partial charge in [-0.3, -0.25) is 14.6 Å². The van der Waals surface area contributed by atoms with Gasteiger partial charge in [-0.2, -0.15) is 0 Å². The van der Waals surface area contributed by atoms with Crippen molar-refractivity contribution in [1.29, 1.82) is 0 Å². The number of carbonyl (C=O) groups is 2. The molecule has 9 nitrogen and oxygen atoms in total. The maximum Gasteiger partial charge on any atom is 0.326 e. The molecule has 0 bridgehead atoms. The second kappa shape index (κ2) is 8.51. The number of nitrogens with one attached hydrogen (secondary N) is 2. The number of aromatic nitrogens is 2. The van der Waals surface area contributed by atoms with Crippen molar-refractivity contribution in [3.8, 4) is 0 Å². The Labute approximate surface area is 157 Å². The maximum absolute atomic E-state index is 12.4. The molecule has 1 aromatic heterocycles. The van der Waals surface area contributed by atoms with Crippen LogP contribution in [0.3, 0.4) is 0 Å². The van der Waals surface area contributed by atoms with Gasteiger partial charge in [-0.25, -0.2) is 9.78 Å². The standard InChI is InChI=1S/C18H26N4O5/c1-11-13(16(24)21-18(19-11)22-6-8-27-9-7-22)4-5-15(23)20-14(17(25)26)10-12-2-3-12/h12,14H,2-10H2,1H3,(H,20,23)(H,25,26)(H,19,21,24). The van der Waals surface area contributed by atoms with Gasteiger partial charge < -0.3 is 20.1 Å². The van der Waals surface area contributed by atoms with Gasteiger partial charge in [-0.1, -0.05) is 12.8 Å². The average molecular weight is 378 g/mol. The van der Waals surface area contributed by atoms with Crippen molar-refractivity contribution in [2.24, 2.45) is 5.92 Å². The predicted octanol–water partition coefficient (Wildman–Crippen LogP) is 0.217. The molecule has 1 atom stereocenters. The van der Waals surface area contributed by atoms with Gasteiger partial charge in [0.05, 0.1) is 13.2 Å². The Hall–Kier alpha value is -2.42. The molecular formula is C18H26N4O5. The van der Waals surface area contributed by atoms with E-state index in [-0.39, 0.29) is 24.3 Å². The fourth-order valence-corrected chi connectivity index (χ4v) is 3.23. The summed E-state index contributed by atoms with van der Waals surface area (Å²) < 4.78 is 5.30. The lowest BCUT2D eigenvalue weighted by molar-refractivity contribution is -0.142. The number of aryl methyl sites for hydroxylation is 1. The third-order valence-corrected chi connectivity index (χ3v) is 5.02. The summed E-state index contributed by atoms with van der Waals surface area (Å²) in [5.74, 6) is -0.460. The number of carboxylic acid groups (broad SMARTS) is 1. The second-order valence-electron chi connectivity index (χ2n) is 7.19. The van der Waals surface area contributed by atoms with Crippen molar-refractivity contribution < 1.29 is 19.4 Å². The minimum absolute atomic E-state index is 0.0525. The first kappa shape index (κ1) is 19.3. The Morgan fingerprint density at radius 2 is 2.07 bits per heavy atom. The molecule has 9 heteroatoms. The van der Waals surface area contributed by atoms with E-state index in [1.54, 1.807) is 6.92 Å². The largest absolute Gasteiger partial charge is 0.480 e. The van der Waals surface area contributed by atoms with Crippen molar-refractivity contribution in [1.82, 2.24) is 15.3 Å². The number of nitrogens with zero attached hydrogens (tertiary/aromatic N) is 2. The van der Waals surface area contributed by atoms with Crippen molar-refractivity contribution in [2.45, 2.75) is 45.1 Å². The van der Waals surface area contributed by atoms with Crippen molar-refractivity contribution in [3.63, 3.8) is 0 Å². The number of amides is 1. The highest BCUT2D eigenvalue weighted by Crippen LogP contribution is 2.33. The van der Waals surface area contributed by atoms with Crippen LogP contribution in [0, 0.1) is 12.8 Å². The molecule has 1 unspecified atom stereocenters. The normalized spacial score (nSPS) is 18.2. The van der Waals surface area contributed by atoms with Gasteiger partial charge in [0, 0.05) is 30.8 Å². The number of carboxylic acids is 1. The molecule has 1 amide bonds. The summed E-state index contributed by atoms with van der Waals surface area (Å²) in [7, 11) is 0. The zero-order valence-electron chi connectivity index (χ0n) is 15.5. The van der Waals surface area contributed by atoms with Crippen LogP contribution in [0.2, 0.25) is 0 Å². The van der Waals surface area contributed by atoms with Gasteiger partial charge in [0.1, 0.15) is 6.04 Å². The van der Waals surface area contributed by atoms with E-state index in [1.807, 2.05) is 4.90 Å². The van der Waals surface area contributed by atoms with Gasteiger partial charge >= 0.3 is 5.97 Å². The summed E-state index contributed by atoms with van der Waals surface area (Å²) >= 11 is 0. The highest BCUT2D eigenvalue weighted by atomic mass is 16.5. The Balaban J connectivity index is 1.58. The van der Waals surface area contributed by atoms with Crippen molar-refractivity contribution >= 4 is 17.8 Å². The van der Waals surface area contributed by atoms with Crippen LogP contribution in [0.4, 0.5) is 5.95 Å². The quantitative estimate of drug-likeness (QED) is 0.591. The molecule has 1 saturated heterocycles. The number of hydrogen-bond donors (Lipinski definition) is 3. The molecule has 0 radical (unpaired) electrons. The number of H-pyrrole nitrogens is 1. The molecule has 1 aliphatic carbocycles. The Kier molecular flexibility index (Phi) is 6.10. The van der Waals surface area contributed by atoms with Gasteiger partial charge in [-0.05, 0) is 25.7 Å². The summed E-state index contributed by atoms with van der Waals surface area (Å²) in [5.41, 5.74) is 0.779. The molecule has 1 saturated carbocycles. The van der Waals surface area contributed by atoms with Crippen LogP contribution >= 0.6 is 0 Å². The fourth-order valence-electron chi connectivity index (χ4n) is 3.23. The number of ether oxygens (including phenoxy) is 1. The van der Waals surface area contributed by atoms with Gasteiger partial charge in [0.2, 0.25) is 11.9 Å². The number of aliphatic carboxylic acids is 1. The zero-order valence-corrected chi connectivity index (χ0v) is 15.5. The summed E-state index contributed by atoms with van der Waals surface area (Å²) in [6, 6.07) is -0.855. The van der Waals surface area contributed by atoms with Gasteiger partial charge in [0.25, 0.3) is 5.56 Å². The van der Waals surface area contributed by atoms with E-state index in [0.717, 1.165) is 12.8 Å². The van der Waals surface area contributed by atoms with E-state index in [9.17, 15) is 19.5 Å². The summed E-state index contributed by atoms with van der Waals surface area (Å²) in [5, 5.41) is 11.8. The molecule has 27 heavy (non-hydrogen) atoms. The predicted molar refractivity (Wildman–Crippen MR) is 97.9 cm³/mol. The molecule has 2 heterocycles. The number of carbonyl (C=O) groups excluding carboxylic acids is 1. The first-order valence-electron chi connectivity index (χ1n) is 9.38. The number of morpholine rings is 1. The molecule has 2 fully saturated rings. The third-order valence-electron chi connectivity index (χ3n) is 5.02. The fraction of sp³-hybridized carbons (Fsp3) is 0.667. The molecule has 148 valence electrons. The minimum Gasteiger partial charge on any atom is -0.480 e. The monoisotopic (exact) mass is 378 g/mol. The number of aromatic amines is 1. The average Bonchev–Trinajstić information content (AvgIpc) is 3.45. The molecule has 3 rings (SSSR count). The van der Waals surface area contributed by atoms with Gasteiger partial charge in [0.15, 0.2) is 0 Å². The molecule has 0 aromatic carbocycles. The van der Waals surface area contributed by atoms with Crippen LogP contribution in [-0.2, 0) is 20.7 Å². The van der Waals surface area contributed by atoms with E-state index in [1.165, 1.54) is 0 Å². The van der Waals surface area contributed by atoms with Crippen molar-refractivity contribution in [2.75, 3.05) is 31.2 Å². The Morgan fingerprint density at radius 3 is 2.67 bits per heavy atom. The first-order chi connectivity index (χ1) is 12.9. The number of rotatable bonds is 8. The Morgan fingerprint density at radius 1 is 1.37 bits per heavy atom. The van der Waals surface area contributed by atoms with E-state index < -0.39 is 12.0 Å². The van der Waals surface area contributed by atoms with Crippen molar-refractivity contribution in [3.05, 3.63) is 21.6 Å². The van der Waals surface area contributed by atoms with Gasteiger partial charge in [-0.15, -0.1) is 0 Å². The van der Waals surface area contributed by atoms with Crippen LogP contribution in [-0.4, -0.2) is 59.3 Å². The van der Waals surface area contributed by atoms with Crippen LogP contribution in [0.5, 0.6) is 0 Å². The highest BCUT2D eigenvalue weighted by Gasteiger charge is 2.30. The Bertz CT molecular complexity index is 753. The lowest BCUT2D eigenvalue weighted by Crippen LogP contribution is -2.41. The molecule has 2 aliphatic rings. The summed E-state index contributed by atoms with van der Waals surface area (Å²) in [4.78, 5) is 45.0. The minimum atomic E-state index is -1.01. The molecule has 1 aromatic rings. The SMILES string of the molecule is Cc1nc(N2CCOCC2)[nH]c(=O)c1CCC(=O)NC(CC1CC1)C(=O)O. The summed E-state index contributed by atoms with van der Waals surface area (Å²) in [6.07, 6.45) is 2.79. The molecule has 3 N–H and O–H groups in total. The third kappa shape index (κ3) is 5.29. The zero-order chi connectivity index (χ0) is 19.4. The number of anilines is 1. The first-order valence-corrected chi connectivity index (χ1v) is 9.38.